The highest BCUT2D eigenvalue weighted by Gasteiger charge is 2.30. The number of aromatic nitrogens is 1. The van der Waals surface area contributed by atoms with Gasteiger partial charge in [-0.15, -0.1) is 0 Å². The van der Waals surface area contributed by atoms with Gasteiger partial charge in [0.25, 0.3) is 10.0 Å². The minimum atomic E-state index is -3.68. The first kappa shape index (κ1) is 23.9. The minimum Gasteiger partial charge on any atom is -0.456 e. The Hall–Kier alpha value is -3.20. The average Bonchev–Trinajstić information content (AvgIpc) is 3.27. The number of rotatable bonds is 8. The van der Waals surface area contributed by atoms with Crippen molar-refractivity contribution in [1.29, 1.82) is 0 Å². The lowest BCUT2D eigenvalue weighted by Gasteiger charge is -2.15. The van der Waals surface area contributed by atoms with Crippen molar-refractivity contribution < 1.29 is 22.7 Å². The maximum Gasteiger partial charge on any atom is 0.328 e. The molecular weight excluding hydrogens is 454 g/mol. The first-order chi connectivity index (χ1) is 16.3. The number of hydrogen-bond donors (Lipinski definition) is 1. The molecule has 8 nitrogen and oxygen atoms in total. The van der Waals surface area contributed by atoms with E-state index in [1.165, 1.54) is 24.5 Å². The number of ketones is 1. The predicted octanol–water partition coefficient (Wildman–Crippen LogP) is 3.46. The van der Waals surface area contributed by atoms with Crippen molar-refractivity contribution in [3.63, 3.8) is 0 Å². The Morgan fingerprint density at radius 1 is 1.18 bits per heavy atom. The molecule has 2 aliphatic rings. The SMILES string of the molecule is Cc1cc(C(=O)COC(=O)CN=C2NS(=O)(=O)c3ccccc32)c(C)n1CCC1=CCCCC1. The number of amidine groups is 1. The standard InChI is InChI=1S/C25H29N3O5S/c1-17-14-21(18(2)28(17)13-12-19-8-4-3-5-9-19)22(29)16-33-24(30)15-26-25-20-10-6-7-11-23(20)34(31,32)27-25/h6-8,10-11,14H,3-5,9,12-13,15-16H2,1-2H3,(H,26,27). The van der Waals surface area contributed by atoms with Crippen LogP contribution in [0.25, 0.3) is 0 Å². The maximum atomic E-state index is 12.7. The summed E-state index contributed by atoms with van der Waals surface area (Å²) >= 11 is 0. The van der Waals surface area contributed by atoms with Gasteiger partial charge in [-0.1, -0.05) is 23.8 Å². The minimum absolute atomic E-state index is 0.0931. The third-order valence-electron chi connectivity index (χ3n) is 6.31. The summed E-state index contributed by atoms with van der Waals surface area (Å²) in [6.45, 7) is 3.93. The van der Waals surface area contributed by atoms with Crippen molar-refractivity contribution in [2.45, 2.75) is 57.4 Å². The third kappa shape index (κ3) is 5.14. The van der Waals surface area contributed by atoms with E-state index in [1.807, 2.05) is 19.9 Å². The number of allylic oxidation sites excluding steroid dienone is 2. The first-order valence-corrected chi connectivity index (χ1v) is 12.9. The smallest absolute Gasteiger partial charge is 0.328 e. The van der Waals surface area contributed by atoms with Crippen LogP contribution in [0.3, 0.4) is 0 Å². The van der Waals surface area contributed by atoms with Crippen LogP contribution in [0.1, 0.15) is 59.4 Å². The van der Waals surface area contributed by atoms with Gasteiger partial charge in [0.05, 0.1) is 4.90 Å². The van der Waals surface area contributed by atoms with Crippen LogP contribution < -0.4 is 4.72 Å². The fourth-order valence-electron chi connectivity index (χ4n) is 4.48. The Morgan fingerprint density at radius 2 is 1.97 bits per heavy atom. The molecule has 4 rings (SSSR count). The number of nitrogens with zero attached hydrogens (tertiary/aromatic N) is 2. The molecule has 0 saturated heterocycles. The van der Waals surface area contributed by atoms with Crippen LogP contribution in [-0.4, -0.2) is 43.7 Å². The second kappa shape index (κ2) is 9.97. The molecule has 34 heavy (non-hydrogen) atoms. The Kier molecular flexibility index (Phi) is 7.02. The molecule has 0 amide bonds. The van der Waals surface area contributed by atoms with Crippen LogP contribution in [0.15, 0.2) is 51.9 Å². The molecule has 0 unspecified atom stereocenters. The summed E-state index contributed by atoms with van der Waals surface area (Å²) in [6, 6.07) is 8.23. The lowest BCUT2D eigenvalue weighted by atomic mass is 9.97. The molecule has 0 bridgehead atoms. The highest BCUT2D eigenvalue weighted by molar-refractivity contribution is 7.90. The number of ether oxygens (including phenoxy) is 1. The average molecular weight is 484 g/mol. The summed E-state index contributed by atoms with van der Waals surface area (Å²) < 4.78 is 33.8. The van der Waals surface area contributed by atoms with Gasteiger partial charge in [-0.2, -0.15) is 0 Å². The van der Waals surface area contributed by atoms with Gasteiger partial charge < -0.3 is 9.30 Å². The van der Waals surface area contributed by atoms with E-state index in [0.717, 1.165) is 37.2 Å². The lowest BCUT2D eigenvalue weighted by molar-refractivity contribution is -0.140. The normalized spacial score (nSPS) is 17.7. The van der Waals surface area contributed by atoms with Crippen LogP contribution in [-0.2, 0) is 26.1 Å². The van der Waals surface area contributed by atoms with E-state index in [4.69, 9.17) is 4.74 Å². The van der Waals surface area contributed by atoms with Gasteiger partial charge in [0, 0.05) is 29.1 Å². The fraction of sp³-hybridized carbons (Fsp3) is 0.400. The number of esters is 1. The quantitative estimate of drug-likeness (QED) is 0.352. The fourth-order valence-corrected chi connectivity index (χ4v) is 5.73. The van der Waals surface area contributed by atoms with E-state index >= 15 is 0 Å². The Balaban J connectivity index is 1.34. The van der Waals surface area contributed by atoms with Crippen molar-refractivity contribution >= 4 is 27.6 Å². The van der Waals surface area contributed by atoms with E-state index in [-0.39, 0.29) is 23.1 Å². The lowest BCUT2D eigenvalue weighted by Crippen LogP contribution is -2.24. The van der Waals surface area contributed by atoms with E-state index in [0.29, 0.717) is 11.1 Å². The zero-order valence-corrected chi connectivity index (χ0v) is 20.3. The second-order valence-corrected chi connectivity index (χ2v) is 10.3. The van der Waals surface area contributed by atoms with Crippen molar-refractivity contribution in [1.82, 2.24) is 9.29 Å². The molecule has 0 spiro atoms. The van der Waals surface area contributed by atoms with Crippen molar-refractivity contribution in [2.24, 2.45) is 4.99 Å². The summed E-state index contributed by atoms with van der Waals surface area (Å²) in [4.78, 5) is 29.1. The number of aliphatic imine (C=N–C) groups is 1. The summed E-state index contributed by atoms with van der Waals surface area (Å²) in [5.74, 6) is -0.887. The number of fused-ring (bicyclic) bond motifs is 1. The van der Waals surface area contributed by atoms with Crippen LogP contribution in [0, 0.1) is 13.8 Å². The van der Waals surface area contributed by atoms with Crippen molar-refractivity contribution in [3.8, 4) is 0 Å². The number of nitrogens with one attached hydrogen (secondary N) is 1. The number of sulfonamides is 1. The van der Waals surface area contributed by atoms with Gasteiger partial charge in [-0.25, -0.2) is 8.42 Å². The van der Waals surface area contributed by atoms with Gasteiger partial charge in [-0.05, 0) is 64.2 Å². The molecule has 1 aromatic carbocycles. The van der Waals surface area contributed by atoms with E-state index in [1.54, 1.807) is 18.2 Å². The highest BCUT2D eigenvalue weighted by Crippen LogP contribution is 2.24. The molecule has 2 heterocycles. The molecule has 0 atom stereocenters. The molecule has 1 aromatic heterocycles. The van der Waals surface area contributed by atoms with Gasteiger partial charge in [0.1, 0.15) is 12.4 Å². The molecule has 1 N–H and O–H groups in total. The summed E-state index contributed by atoms with van der Waals surface area (Å²) in [7, 11) is -3.68. The summed E-state index contributed by atoms with van der Waals surface area (Å²) in [5.41, 5.74) is 4.30. The summed E-state index contributed by atoms with van der Waals surface area (Å²) in [6.07, 6.45) is 8.12. The predicted molar refractivity (Wildman–Crippen MR) is 129 cm³/mol. The van der Waals surface area contributed by atoms with Crippen LogP contribution in [0.2, 0.25) is 0 Å². The van der Waals surface area contributed by atoms with Gasteiger partial charge in [0.15, 0.2) is 6.61 Å². The number of carbonyl (C=O) groups excluding carboxylic acids is 2. The topological polar surface area (TPSA) is 107 Å². The molecule has 2 aromatic rings. The second-order valence-electron chi connectivity index (χ2n) is 8.64. The Morgan fingerprint density at radius 3 is 2.74 bits per heavy atom. The van der Waals surface area contributed by atoms with Crippen LogP contribution in [0.5, 0.6) is 0 Å². The van der Waals surface area contributed by atoms with Crippen LogP contribution >= 0.6 is 0 Å². The third-order valence-corrected chi connectivity index (χ3v) is 7.71. The number of aryl methyl sites for hydroxylation is 1. The number of carbonyl (C=O) groups is 2. The zero-order chi connectivity index (χ0) is 24.3. The van der Waals surface area contributed by atoms with Gasteiger partial charge in [-0.3, -0.25) is 19.3 Å². The molecule has 0 fully saturated rings. The molecular formula is C25H29N3O5S. The molecule has 1 aliphatic carbocycles. The first-order valence-electron chi connectivity index (χ1n) is 11.5. The summed E-state index contributed by atoms with van der Waals surface area (Å²) in [5, 5.41) is 0. The molecule has 180 valence electrons. The van der Waals surface area contributed by atoms with E-state index in [9.17, 15) is 18.0 Å². The number of benzene rings is 1. The van der Waals surface area contributed by atoms with Gasteiger partial charge in [0.2, 0.25) is 5.78 Å². The van der Waals surface area contributed by atoms with Gasteiger partial charge >= 0.3 is 5.97 Å². The highest BCUT2D eigenvalue weighted by atomic mass is 32.2. The number of Topliss-reactive ketones (excluding diaryl/α,β-unsaturated/α-hetero) is 1. The maximum absolute atomic E-state index is 12.7. The van der Waals surface area contributed by atoms with Crippen molar-refractivity contribution in [2.75, 3.05) is 13.2 Å². The zero-order valence-electron chi connectivity index (χ0n) is 19.5. The Bertz CT molecular complexity index is 1290. The van der Waals surface area contributed by atoms with E-state index < -0.39 is 22.5 Å². The number of hydrogen-bond acceptors (Lipinski definition) is 6. The molecule has 9 heteroatoms. The largest absolute Gasteiger partial charge is 0.456 e. The molecule has 0 radical (unpaired) electrons. The van der Waals surface area contributed by atoms with E-state index in [2.05, 4.69) is 20.4 Å². The van der Waals surface area contributed by atoms with Crippen LogP contribution in [0.4, 0.5) is 0 Å². The van der Waals surface area contributed by atoms with Crippen molar-refractivity contribution in [3.05, 3.63) is 64.5 Å². The monoisotopic (exact) mass is 483 g/mol. The molecule has 1 aliphatic heterocycles. The Labute approximate surface area is 199 Å². The molecule has 0 saturated carbocycles.